The molecule has 10 nitrogen and oxygen atoms in total. The van der Waals surface area contributed by atoms with Gasteiger partial charge in [0, 0.05) is 11.6 Å². The maximum Gasteiger partial charge on any atom is 0.292 e. The number of hydrogen-bond donors (Lipinski definition) is 2. The number of anilines is 2. The smallest absolute Gasteiger partial charge is 0.292 e. The number of amides is 2. The van der Waals surface area contributed by atoms with Gasteiger partial charge in [-0.05, 0) is 6.07 Å². The molecule has 0 bridgehead atoms. The molecule has 0 spiro atoms. The molecule has 3 aromatic rings. The van der Waals surface area contributed by atoms with Gasteiger partial charge in [0.25, 0.3) is 11.6 Å². The molecule has 4 rings (SSSR count). The zero-order valence-corrected chi connectivity index (χ0v) is 14.4. The molecule has 1 aliphatic heterocycles. The molecule has 140 valence electrons. The van der Waals surface area contributed by atoms with Gasteiger partial charge < -0.3 is 5.32 Å². The van der Waals surface area contributed by atoms with Crippen molar-refractivity contribution in [2.75, 3.05) is 10.6 Å². The van der Waals surface area contributed by atoms with Crippen molar-refractivity contribution >= 4 is 29.1 Å². The highest BCUT2D eigenvalue weighted by Gasteiger charge is 2.35. The molecule has 28 heavy (non-hydrogen) atoms. The van der Waals surface area contributed by atoms with Crippen molar-refractivity contribution in [3.8, 4) is 11.4 Å². The molecule has 1 atom stereocenters. The fourth-order valence-electron chi connectivity index (χ4n) is 2.93. The molecule has 0 radical (unpaired) electrons. The highest BCUT2D eigenvalue weighted by atomic mass is 16.6. The zero-order chi connectivity index (χ0) is 19.7. The van der Waals surface area contributed by atoms with Crippen molar-refractivity contribution in [2.24, 2.45) is 0 Å². The first-order valence-corrected chi connectivity index (χ1v) is 8.39. The Kier molecular flexibility index (Phi) is 4.28. The lowest BCUT2D eigenvalue weighted by atomic mass is 10.2. The Balaban J connectivity index is 1.53. The van der Waals surface area contributed by atoms with Crippen LogP contribution >= 0.6 is 0 Å². The van der Waals surface area contributed by atoms with Gasteiger partial charge in [-0.25, -0.2) is 4.68 Å². The van der Waals surface area contributed by atoms with Crippen LogP contribution < -0.4 is 10.6 Å². The lowest BCUT2D eigenvalue weighted by Gasteiger charge is -2.10. The van der Waals surface area contributed by atoms with Gasteiger partial charge in [0.05, 0.1) is 11.3 Å². The number of nitro groups is 1. The van der Waals surface area contributed by atoms with Crippen LogP contribution in [0.4, 0.5) is 17.3 Å². The first-order valence-electron chi connectivity index (χ1n) is 8.39. The van der Waals surface area contributed by atoms with Gasteiger partial charge in [-0.3, -0.25) is 25.0 Å². The van der Waals surface area contributed by atoms with E-state index in [1.54, 1.807) is 6.07 Å². The van der Waals surface area contributed by atoms with E-state index < -0.39 is 22.8 Å². The summed E-state index contributed by atoms with van der Waals surface area (Å²) in [4.78, 5) is 39.4. The van der Waals surface area contributed by atoms with E-state index in [0.717, 1.165) is 5.56 Å². The number of aromatic nitrogens is 3. The Labute approximate surface area is 158 Å². The Morgan fingerprint density at radius 2 is 1.89 bits per heavy atom. The minimum atomic E-state index is -0.886. The number of rotatable bonds is 5. The van der Waals surface area contributed by atoms with Crippen molar-refractivity contribution in [1.82, 2.24) is 14.8 Å². The van der Waals surface area contributed by atoms with Crippen LogP contribution in [0, 0.1) is 10.1 Å². The summed E-state index contributed by atoms with van der Waals surface area (Å²) in [7, 11) is 0. The lowest BCUT2D eigenvalue weighted by Crippen LogP contribution is -2.24. The van der Waals surface area contributed by atoms with Gasteiger partial charge in [0.2, 0.25) is 11.9 Å². The minimum absolute atomic E-state index is 0.0692. The number of benzene rings is 2. The first kappa shape index (κ1) is 17.3. The molecule has 2 amide bonds. The Morgan fingerprint density at radius 1 is 1.18 bits per heavy atom. The summed E-state index contributed by atoms with van der Waals surface area (Å²) in [6.45, 7) is 0. The van der Waals surface area contributed by atoms with Crippen molar-refractivity contribution in [2.45, 2.75) is 12.5 Å². The quantitative estimate of drug-likeness (QED) is 0.517. The molecule has 1 unspecified atom stereocenters. The molecule has 2 heterocycles. The number of carbonyl (C=O) groups excluding carboxylic acids is 2. The van der Waals surface area contributed by atoms with Crippen LogP contribution in [-0.2, 0) is 9.59 Å². The molecule has 0 aliphatic carbocycles. The molecular formula is C18H14N6O4. The van der Waals surface area contributed by atoms with Crippen molar-refractivity contribution in [3.05, 3.63) is 64.7 Å². The second kappa shape index (κ2) is 6.91. The number of nitrogens with one attached hydrogen (secondary N) is 2. The zero-order valence-electron chi connectivity index (χ0n) is 14.4. The van der Waals surface area contributed by atoms with Crippen LogP contribution in [0.2, 0.25) is 0 Å². The van der Waals surface area contributed by atoms with Gasteiger partial charge >= 0.3 is 0 Å². The molecule has 1 aliphatic rings. The molecule has 0 saturated heterocycles. The van der Waals surface area contributed by atoms with Gasteiger partial charge in [-0.1, -0.05) is 42.5 Å². The average molecular weight is 378 g/mol. The van der Waals surface area contributed by atoms with Gasteiger partial charge in [-0.15, -0.1) is 5.10 Å². The van der Waals surface area contributed by atoms with Gasteiger partial charge in [0.1, 0.15) is 11.7 Å². The Hall–Kier alpha value is -4.08. The summed E-state index contributed by atoms with van der Waals surface area (Å²) in [5.41, 5.74) is 0.626. The van der Waals surface area contributed by atoms with Crippen molar-refractivity contribution < 1.29 is 14.5 Å². The van der Waals surface area contributed by atoms with Crippen molar-refractivity contribution in [3.63, 3.8) is 0 Å². The maximum absolute atomic E-state index is 12.4. The fraction of sp³-hybridized carbons (Fsp3) is 0.111. The van der Waals surface area contributed by atoms with Crippen LogP contribution in [-0.4, -0.2) is 31.5 Å². The first-order chi connectivity index (χ1) is 13.5. The summed E-state index contributed by atoms with van der Waals surface area (Å²) < 4.78 is 1.36. The van der Waals surface area contributed by atoms with E-state index >= 15 is 0 Å². The molecule has 0 saturated carbocycles. The maximum atomic E-state index is 12.4. The summed E-state index contributed by atoms with van der Waals surface area (Å²) in [6.07, 6.45) is -0.234. The highest BCUT2D eigenvalue weighted by molar-refractivity contribution is 6.01. The third-order valence-electron chi connectivity index (χ3n) is 4.25. The second-order valence-corrected chi connectivity index (χ2v) is 6.10. The predicted molar refractivity (Wildman–Crippen MR) is 99.5 cm³/mol. The summed E-state index contributed by atoms with van der Waals surface area (Å²) in [5, 5.41) is 20.5. The number of hydrogen-bond acceptors (Lipinski definition) is 6. The third kappa shape index (κ3) is 3.18. The minimum Gasteiger partial charge on any atom is -0.320 e. The van der Waals surface area contributed by atoms with E-state index in [1.807, 2.05) is 30.3 Å². The standard InChI is InChI=1S/C18H14N6O4/c25-15(19-12-8-4-5-9-13(12)24(27)28)10-14-17(26)21-18-20-16(22-23(14)18)11-6-2-1-3-7-11/h1-9,14H,10H2,(H,19,25)(H,20,21,22,26). The molecule has 2 N–H and O–H groups in total. The van der Waals surface area contributed by atoms with Gasteiger partial charge in [0.15, 0.2) is 5.82 Å². The van der Waals surface area contributed by atoms with Gasteiger partial charge in [-0.2, -0.15) is 4.98 Å². The third-order valence-corrected chi connectivity index (χ3v) is 4.25. The molecular weight excluding hydrogens is 364 g/mol. The van der Waals surface area contributed by atoms with E-state index in [-0.39, 0.29) is 23.7 Å². The van der Waals surface area contributed by atoms with Crippen LogP contribution in [0.1, 0.15) is 12.5 Å². The van der Waals surface area contributed by atoms with E-state index in [2.05, 4.69) is 20.7 Å². The van der Waals surface area contributed by atoms with E-state index in [9.17, 15) is 19.7 Å². The summed E-state index contributed by atoms with van der Waals surface area (Å²) >= 11 is 0. The monoisotopic (exact) mass is 378 g/mol. The van der Waals surface area contributed by atoms with Crippen LogP contribution in [0.3, 0.4) is 0 Å². The fourth-order valence-corrected chi connectivity index (χ4v) is 2.93. The van der Waals surface area contributed by atoms with Crippen LogP contribution in [0.5, 0.6) is 0 Å². The van der Waals surface area contributed by atoms with E-state index in [0.29, 0.717) is 5.82 Å². The predicted octanol–water partition coefficient (Wildman–Crippen LogP) is 2.38. The van der Waals surface area contributed by atoms with Crippen LogP contribution in [0.25, 0.3) is 11.4 Å². The normalized spacial score (nSPS) is 15.0. The molecule has 10 heteroatoms. The highest BCUT2D eigenvalue weighted by Crippen LogP contribution is 2.29. The van der Waals surface area contributed by atoms with Crippen molar-refractivity contribution in [1.29, 1.82) is 0 Å². The second-order valence-electron chi connectivity index (χ2n) is 6.10. The van der Waals surface area contributed by atoms with E-state index in [1.165, 1.54) is 22.9 Å². The SMILES string of the molecule is O=C(CC1C(=O)Nc2nc(-c3ccccc3)nn21)Nc1ccccc1[N+](=O)[O-]. The topological polar surface area (TPSA) is 132 Å². The summed E-state index contributed by atoms with van der Waals surface area (Å²) in [5.74, 6) is -0.265. The summed E-state index contributed by atoms with van der Waals surface area (Å²) in [6, 6.07) is 14.1. The Bertz CT molecular complexity index is 1080. The Morgan fingerprint density at radius 3 is 2.64 bits per heavy atom. The van der Waals surface area contributed by atoms with Crippen LogP contribution in [0.15, 0.2) is 54.6 Å². The van der Waals surface area contributed by atoms with E-state index in [4.69, 9.17) is 0 Å². The lowest BCUT2D eigenvalue weighted by molar-refractivity contribution is -0.383. The number of carbonyl (C=O) groups is 2. The number of nitro benzene ring substituents is 1. The molecule has 0 fully saturated rings. The number of nitrogens with zero attached hydrogens (tertiary/aromatic N) is 4. The largest absolute Gasteiger partial charge is 0.320 e. The molecule has 2 aromatic carbocycles. The number of fused-ring (bicyclic) bond motifs is 1. The average Bonchev–Trinajstić information content (AvgIpc) is 3.21. The molecule has 1 aromatic heterocycles. The number of para-hydroxylation sites is 2.